The molecule has 1 aromatic carbocycles. The molecule has 2 aromatic heterocycles. The number of nitrogens with two attached hydrogens (primary N) is 1. The maximum absolute atomic E-state index is 5.86. The summed E-state index contributed by atoms with van der Waals surface area (Å²) in [6.45, 7) is 0. The average Bonchev–Trinajstić information content (AvgIpc) is 2.74. The molecule has 0 amide bonds. The molecule has 0 atom stereocenters. The van der Waals surface area contributed by atoms with Crippen molar-refractivity contribution < 1.29 is 0 Å². The van der Waals surface area contributed by atoms with Gasteiger partial charge in [-0.25, -0.2) is 4.98 Å². The summed E-state index contributed by atoms with van der Waals surface area (Å²) >= 11 is 7.59. The summed E-state index contributed by atoms with van der Waals surface area (Å²) < 4.78 is 1.26. The number of thiophene rings is 1. The van der Waals surface area contributed by atoms with Crippen LogP contribution in [-0.4, -0.2) is 4.98 Å². The first-order valence-corrected chi connectivity index (χ1v) is 6.64. The summed E-state index contributed by atoms with van der Waals surface area (Å²) in [7, 11) is 0. The molecule has 3 aromatic rings. The zero-order valence-corrected chi connectivity index (χ0v) is 10.9. The number of nitrogens with zero attached hydrogens (tertiary/aromatic N) is 1. The largest absolute Gasteiger partial charge is 0.399 e. The predicted molar refractivity (Wildman–Crippen MR) is 78.8 cm³/mol. The summed E-state index contributed by atoms with van der Waals surface area (Å²) in [5, 5.41) is 6.86. The Morgan fingerprint density at radius 2 is 2.06 bits per heavy atom. The highest BCUT2D eigenvalue weighted by Crippen LogP contribution is 2.26. The number of rotatable bonds is 2. The third-order valence-electron chi connectivity index (χ3n) is 2.54. The quantitative estimate of drug-likeness (QED) is 0.687. The van der Waals surface area contributed by atoms with Gasteiger partial charge in [0, 0.05) is 22.1 Å². The number of hydrogen-bond donors (Lipinski definition) is 2. The Hall–Kier alpha value is -1.78. The molecule has 0 aliphatic rings. The number of pyridine rings is 1. The van der Waals surface area contributed by atoms with Gasteiger partial charge in [0.2, 0.25) is 0 Å². The highest BCUT2D eigenvalue weighted by Gasteiger charge is 2.01. The van der Waals surface area contributed by atoms with Gasteiger partial charge in [-0.15, -0.1) is 11.3 Å². The molecule has 3 N–H and O–H groups in total. The van der Waals surface area contributed by atoms with Crippen LogP contribution in [0.3, 0.4) is 0 Å². The molecular formula is C13H10ClN3S. The predicted octanol–water partition coefficient (Wildman–Crippen LogP) is 4.28. The first-order valence-electron chi connectivity index (χ1n) is 5.38. The maximum Gasteiger partial charge on any atom is 0.134 e. The lowest BCUT2D eigenvalue weighted by Gasteiger charge is -2.07. The molecule has 0 saturated carbocycles. The summed E-state index contributed by atoms with van der Waals surface area (Å²) in [6.07, 6.45) is 0. The van der Waals surface area contributed by atoms with Crippen LogP contribution in [0.5, 0.6) is 0 Å². The van der Waals surface area contributed by atoms with Crippen molar-refractivity contribution in [2.24, 2.45) is 0 Å². The van der Waals surface area contributed by atoms with Crippen molar-refractivity contribution in [1.82, 2.24) is 4.98 Å². The van der Waals surface area contributed by atoms with Crippen molar-refractivity contribution in [3.8, 4) is 0 Å². The Balaban J connectivity index is 1.95. The van der Waals surface area contributed by atoms with Gasteiger partial charge in [0.1, 0.15) is 11.0 Å². The first-order chi connectivity index (χ1) is 8.70. The summed E-state index contributed by atoms with van der Waals surface area (Å²) in [6, 6.07) is 11.6. The lowest BCUT2D eigenvalue weighted by atomic mass is 10.2. The van der Waals surface area contributed by atoms with E-state index in [0.29, 0.717) is 16.7 Å². The van der Waals surface area contributed by atoms with Crippen molar-refractivity contribution >= 4 is 50.2 Å². The molecule has 0 radical (unpaired) electrons. The van der Waals surface area contributed by atoms with E-state index in [1.54, 1.807) is 23.5 Å². The zero-order valence-electron chi connectivity index (χ0n) is 9.35. The summed E-state index contributed by atoms with van der Waals surface area (Å²) in [5.41, 5.74) is 7.28. The smallest absolute Gasteiger partial charge is 0.134 e. The lowest BCUT2D eigenvalue weighted by molar-refractivity contribution is 1.31. The van der Waals surface area contributed by atoms with Crippen molar-refractivity contribution in [3.63, 3.8) is 0 Å². The van der Waals surface area contributed by atoms with Crippen LogP contribution in [0.2, 0.25) is 5.15 Å². The maximum atomic E-state index is 5.86. The second-order valence-corrected chi connectivity index (χ2v) is 5.24. The number of fused-ring (bicyclic) bond motifs is 1. The van der Waals surface area contributed by atoms with Crippen molar-refractivity contribution in [1.29, 1.82) is 0 Å². The van der Waals surface area contributed by atoms with Crippen LogP contribution in [0.25, 0.3) is 10.1 Å². The minimum atomic E-state index is 0.383. The number of aromatic nitrogens is 1. The van der Waals surface area contributed by atoms with Gasteiger partial charge in [0.05, 0.1) is 0 Å². The minimum Gasteiger partial charge on any atom is -0.399 e. The molecular weight excluding hydrogens is 266 g/mol. The van der Waals surface area contributed by atoms with Crippen molar-refractivity contribution in [3.05, 3.63) is 46.9 Å². The van der Waals surface area contributed by atoms with E-state index in [4.69, 9.17) is 17.3 Å². The van der Waals surface area contributed by atoms with E-state index in [9.17, 15) is 0 Å². The highest BCUT2D eigenvalue weighted by molar-refractivity contribution is 7.17. The van der Waals surface area contributed by atoms with Crippen molar-refractivity contribution in [2.75, 3.05) is 11.1 Å². The standard InChI is InChI=1S/C13H10ClN3S/c14-12-6-9(15)7-13(17-12)16-10-1-2-11-8(5-10)3-4-18-11/h1-7H,(H3,15,16,17). The molecule has 0 aliphatic heterocycles. The minimum absolute atomic E-state index is 0.383. The molecule has 0 saturated heterocycles. The molecule has 18 heavy (non-hydrogen) atoms. The van der Waals surface area contributed by atoms with E-state index in [-0.39, 0.29) is 0 Å². The number of benzene rings is 1. The zero-order chi connectivity index (χ0) is 12.5. The lowest BCUT2D eigenvalue weighted by Crippen LogP contribution is -1.95. The Bertz CT molecular complexity index is 688. The molecule has 3 nitrogen and oxygen atoms in total. The Morgan fingerprint density at radius 1 is 1.17 bits per heavy atom. The van der Waals surface area contributed by atoms with Gasteiger partial charge in [-0.1, -0.05) is 11.6 Å². The third kappa shape index (κ3) is 2.25. The molecule has 0 aliphatic carbocycles. The first kappa shape index (κ1) is 11.3. The molecule has 90 valence electrons. The number of halogens is 1. The number of nitrogens with one attached hydrogen (secondary N) is 1. The summed E-state index contributed by atoms with van der Waals surface area (Å²) in [5.74, 6) is 0.648. The van der Waals surface area contributed by atoms with Crippen LogP contribution < -0.4 is 11.1 Å². The fraction of sp³-hybridized carbons (Fsp3) is 0. The van der Waals surface area contributed by atoms with Crippen LogP contribution in [-0.2, 0) is 0 Å². The number of hydrogen-bond acceptors (Lipinski definition) is 4. The fourth-order valence-electron chi connectivity index (χ4n) is 1.77. The topological polar surface area (TPSA) is 50.9 Å². The SMILES string of the molecule is Nc1cc(Cl)nc(Nc2ccc3sccc3c2)c1. The third-order valence-corrected chi connectivity index (χ3v) is 3.63. The van der Waals surface area contributed by atoms with Crippen molar-refractivity contribution in [2.45, 2.75) is 0 Å². The Kier molecular flexibility index (Phi) is 2.81. The number of nitrogen functional groups attached to an aromatic ring is 1. The van der Waals surface area contributed by atoms with E-state index in [0.717, 1.165) is 5.69 Å². The van der Waals surface area contributed by atoms with Crippen LogP contribution in [0.15, 0.2) is 41.8 Å². The molecule has 2 heterocycles. The molecule has 0 fully saturated rings. The van der Waals surface area contributed by atoms with E-state index >= 15 is 0 Å². The van der Waals surface area contributed by atoms with Gasteiger partial charge >= 0.3 is 0 Å². The molecule has 0 bridgehead atoms. The van der Waals surface area contributed by atoms with Gasteiger partial charge < -0.3 is 11.1 Å². The normalized spacial score (nSPS) is 10.7. The average molecular weight is 276 g/mol. The van der Waals surface area contributed by atoms with E-state index in [2.05, 4.69) is 33.9 Å². The second kappa shape index (κ2) is 4.48. The van der Waals surface area contributed by atoms with Crippen LogP contribution in [0.4, 0.5) is 17.2 Å². The summed E-state index contributed by atoms with van der Waals surface area (Å²) in [4.78, 5) is 4.17. The Morgan fingerprint density at radius 3 is 2.89 bits per heavy atom. The van der Waals surface area contributed by atoms with E-state index < -0.39 is 0 Å². The second-order valence-electron chi connectivity index (χ2n) is 3.91. The Labute approximate surface area is 113 Å². The van der Waals surface area contributed by atoms with Gasteiger partial charge in [-0.3, -0.25) is 0 Å². The number of anilines is 3. The van der Waals surface area contributed by atoms with Crippen LogP contribution in [0, 0.1) is 0 Å². The molecule has 3 rings (SSSR count). The highest BCUT2D eigenvalue weighted by atomic mass is 35.5. The fourth-order valence-corrected chi connectivity index (χ4v) is 2.76. The van der Waals surface area contributed by atoms with E-state index in [1.165, 1.54) is 10.1 Å². The van der Waals surface area contributed by atoms with Gasteiger partial charge in [-0.05, 0) is 41.1 Å². The van der Waals surface area contributed by atoms with Gasteiger partial charge in [0.15, 0.2) is 0 Å². The van der Waals surface area contributed by atoms with Crippen LogP contribution in [0.1, 0.15) is 0 Å². The molecule has 0 unspecified atom stereocenters. The van der Waals surface area contributed by atoms with E-state index in [1.807, 2.05) is 6.07 Å². The molecule has 5 heteroatoms. The van der Waals surface area contributed by atoms with Gasteiger partial charge in [0.25, 0.3) is 0 Å². The molecule has 0 spiro atoms. The monoisotopic (exact) mass is 275 g/mol. The van der Waals surface area contributed by atoms with Gasteiger partial charge in [-0.2, -0.15) is 0 Å². The van der Waals surface area contributed by atoms with Crippen LogP contribution >= 0.6 is 22.9 Å².